The Balaban J connectivity index is 2.49. The van der Waals surface area contributed by atoms with Crippen LogP contribution in [0, 0.1) is 6.92 Å². The molecule has 14 heavy (non-hydrogen) atoms. The summed E-state index contributed by atoms with van der Waals surface area (Å²) in [5, 5.41) is 8.47. The maximum absolute atomic E-state index is 10.3. The Hall–Kier alpha value is -1.69. The first-order valence-electron chi connectivity index (χ1n) is 3.99. The summed E-state index contributed by atoms with van der Waals surface area (Å²) >= 11 is 0. The molecule has 0 fully saturated rings. The van der Waals surface area contributed by atoms with Crippen LogP contribution in [0.25, 0.3) is 0 Å². The zero-order chi connectivity index (χ0) is 10.6. The molecule has 3 N–H and O–H groups in total. The molecular formula is C8H11N3O3. The summed E-state index contributed by atoms with van der Waals surface area (Å²) in [7, 11) is 0. The zero-order valence-corrected chi connectivity index (χ0v) is 7.67. The van der Waals surface area contributed by atoms with Gasteiger partial charge < -0.3 is 15.6 Å². The number of aliphatic carboxylic acids is 1. The number of hydrogen-bond donors (Lipinski definition) is 2. The molecule has 1 atom stereocenters. The van der Waals surface area contributed by atoms with Crippen molar-refractivity contribution in [3.05, 3.63) is 18.1 Å². The molecule has 0 aliphatic carbocycles. The van der Waals surface area contributed by atoms with E-state index in [1.165, 1.54) is 6.20 Å². The van der Waals surface area contributed by atoms with Gasteiger partial charge in [-0.05, 0) is 6.92 Å². The van der Waals surface area contributed by atoms with Gasteiger partial charge in [-0.3, -0.25) is 9.78 Å². The Morgan fingerprint density at radius 2 is 2.43 bits per heavy atom. The van der Waals surface area contributed by atoms with Crippen molar-refractivity contribution in [2.75, 3.05) is 6.61 Å². The van der Waals surface area contributed by atoms with Crippen molar-refractivity contribution in [1.29, 1.82) is 0 Å². The molecule has 76 valence electrons. The quantitative estimate of drug-likeness (QED) is 0.680. The van der Waals surface area contributed by atoms with E-state index in [0.29, 0.717) is 5.69 Å². The monoisotopic (exact) mass is 197 g/mol. The first-order valence-corrected chi connectivity index (χ1v) is 3.99. The fraction of sp³-hybridized carbons (Fsp3) is 0.375. The van der Waals surface area contributed by atoms with E-state index in [1.807, 2.05) is 0 Å². The molecule has 0 spiro atoms. The lowest BCUT2D eigenvalue weighted by molar-refractivity contribution is -0.139. The van der Waals surface area contributed by atoms with E-state index in [-0.39, 0.29) is 12.5 Å². The minimum atomic E-state index is -1.11. The Morgan fingerprint density at radius 1 is 1.71 bits per heavy atom. The van der Waals surface area contributed by atoms with Gasteiger partial charge in [0.25, 0.3) is 0 Å². The van der Waals surface area contributed by atoms with E-state index in [9.17, 15) is 4.79 Å². The highest BCUT2D eigenvalue weighted by Crippen LogP contribution is 2.03. The van der Waals surface area contributed by atoms with E-state index < -0.39 is 12.0 Å². The van der Waals surface area contributed by atoms with Crippen molar-refractivity contribution in [1.82, 2.24) is 9.97 Å². The van der Waals surface area contributed by atoms with Crippen LogP contribution < -0.4 is 10.5 Å². The molecule has 0 aliphatic heterocycles. The maximum atomic E-state index is 10.3. The second-order valence-electron chi connectivity index (χ2n) is 2.75. The number of nitrogens with two attached hydrogens (primary N) is 1. The zero-order valence-electron chi connectivity index (χ0n) is 7.67. The third-order valence-corrected chi connectivity index (χ3v) is 1.46. The van der Waals surface area contributed by atoms with Crippen LogP contribution in [-0.2, 0) is 4.79 Å². The fourth-order valence-electron chi connectivity index (χ4n) is 0.756. The SMILES string of the molecule is Cc1cncc(OCC(N)C(=O)O)n1. The normalized spacial score (nSPS) is 12.1. The minimum absolute atomic E-state index is 0.118. The van der Waals surface area contributed by atoms with E-state index in [2.05, 4.69) is 9.97 Å². The molecule has 0 aliphatic rings. The lowest BCUT2D eigenvalue weighted by Gasteiger charge is -2.07. The van der Waals surface area contributed by atoms with Gasteiger partial charge in [0.05, 0.1) is 11.9 Å². The van der Waals surface area contributed by atoms with Crippen molar-refractivity contribution in [3.8, 4) is 5.88 Å². The molecule has 6 heteroatoms. The Bertz CT molecular complexity index is 329. The summed E-state index contributed by atoms with van der Waals surface area (Å²) in [5.74, 6) is -0.827. The van der Waals surface area contributed by atoms with Crippen LogP contribution in [0.15, 0.2) is 12.4 Å². The van der Waals surface area contributed by atoms with Gasteiger partial charge in [0, 0.05) is 6.20 Å². The molecule has 0 saturated carbocycles. The number of carboxylic acids is 1. The smallest absolute Gasteiger partial charge is 0.324 e. The Morgan fingerprint density at radius 3 is 3.00 bits per heavy atom. The summed E-state index contributed by atoms with van der Waals surface area (Å²) < 4.78 is 5.03. The van der Waals surface area contributed by atoms with Gasteiger partial charge in [0.1, 0.15) is 12.6 Å². The Labute approximate surface area is 80.7 Å². The number of nitrogens with zero attached hydrogens (tertiary/aromatic N) is 2. The lowest BCUT2D eigenvalue weighted by Crippen LogP contribution is -2.36. The van der Waals surface area contributed by atoms with Gasteiger partial charge >= 0.3 is 5.97 Å². The molecule has 1 heterocycles. The predicted octanol–water partition coefficient (Wildman–Crippen LogP) is -0.424. The number of rotatable bonds is 4. The van der Waals surface area contributed by atoms with E-state index in [4.69, 9.17) is 15.6 Å². The minimum Gasteiger partial charge on any atom is -0.480 e. The highest BCUT2D eigenvalue weighted by atomic mass is 16.5. The molecule has 0 radical (unpaired) electrons. The lowest BCUT2D eigenvalue weighted by atomic mass is 10.3. The standard InChI is InChI=1S/C8H11N3O3/c1-5-2-10-3-7(11-5)14-4-6(9)8(12)13/h2-3,6H,4,9H2,1H3,(H,12,13). The van der Waals surface area contributed by atoms with Crippen LogP contribution in [0.1, 0.15) is 5.69 Å². The van der Waals surface area contributed by atoms with Gasteiger partial charge in [0.2, 0.25) is 5.88 Å². The highest BCUT2D eigenvalue weighted by Gasteiger charge is 2.12. The van der Waals surface area contributed by atoms with Gasteiger partial charge in [-0.25, -0.2) is 4.98 Å². The second-order valence-corrected chi connectivity index (χ2v) is 2.75. The number of aryl methyl sites for hydroxylation is 1. The van der Waals surface area contributed by atoms with E-state index in [0.717, 1.165) is 0 Å². The average Bonchev–Trinajstić information content (AvgIpc) is 2.14. The van der Waals surface area contributed by atoms with Crippen LogP contribution in [0.5, 0.6) is 5.88 Å². The summed E-state index contributed by atoms with van der Waals surface area (Å²) in [5.41, 5.74) is 5.93. The third kappa shape index (κ3) is 2.98. The summed E-state index contributed by atoms with van der Waals surface area (Å²) in [4.78, 5) is 18.1. The van der Waals surface area contributed by atoms with Gasteiger partial charge in [-0.2, -0.15) is 0 Å². The fourth-order valence-corrected chi connectivity index (χ4v) is 0.756. The van der Waals surface area contributed by atoms with Gasteiger partial charge in [0.15, 0.2) is 0 Å². The molecule has 0 amide bonds. The molecule has 0 bridgehead atoms. The number of ether oxygens (including phenoxy) is 1. The summed E-state index contributed by atoms with van der Waals surface area (Å²) in [6.07, 6.45) is 2.98. The highest BCUT2D eigenvalue weighted by molar-refractivity contribution is 5.73. The topological polar surface area (TPSA) is 98.3 Å². The molecule has 0 saturated heterocycles. The molecule has 6 nitrogen and oxygen atoms in total. The largest absolute Gasteiger partial charge is 0.480 e. The molecule has 1 aromatic heterocycles. The number of carboxylic acid groups (broad SMARTS) is 1. The molecule has 1 rings (SSSR count). The van der Waals surface area contributed by atoms with Gasteiger partial charge in [-0.1, -0.05) is 0 Å². The van der Waals surface area contributed by atoms with Crippen LogP contribution in [-0.4, -0.2) is 33.7 Å². The van der Waals surface area contributed by atoms with Crippen molar-refractivity contribution in [3.63, 3.8) is 0 Å². The van der Waals surface area contributed by atoms with Crippen LogP contribution in [0.4, 0.5) is 0 Å². The molecule has 1 aromatic rings. The van der Waals surface area contributed by atoms with E-state index >= 15 is 0 Å². The van der Waals surface area contributed by atoms with Crippen molar-refractivity contribution in [2.45, 2.75) is 13.0 Å². The first-order chi connectivity index (χ1) is 6.59. The molecular weight excluding hydrogens is 186 g/mol. The second kappa shape index (κ2) is 4.52. The van der Waals surface area contributed by atoms with Crippen molar-refractivity contribution < 1.29 is 14.6 Å². The predicted molar refractivity (Wildman–Crippen MR) is 47.9 cm³/mol. The summed E-state index contributed by atoms with van der Waals surface area (Å²) in [6, 6.07) is -1.04. The van der Waals surface area contributed by atoms with Crippen LogP contribution in [0.3, 0.4) is 0 Å². The number of hydrogen-bond acceptors (Lipinski definition) is 5. The van der Waals surface area contributed by atoms with Gasteiger partial charge in [-0.15, -0.1) is 0 Å². The summed E-state index contributed by atoms with van der Waals surface area (Å²) in [6.45, 7) is 1.64. The van der Waals surface area contributed by atoms with Crippen molar-refractivity contribution in [2.24, 2.45) is 5.73 Å². The van der Waals surface area contributed by atoms with E-state index in [1.54, 1.807) is 13.1 Å². The third-order valence-electron chi connectivity index (χ3n) is 1.46. The average molecular weight is 197 g/mol. The number of carbonyl (C=O) groups is 1. The Kier molecular flexibility index (Phi) is 3.35. The molecule has 0 aromatic carbocycles. The number of aromatic nitrogens is 2. The molecule has 1 unspecified atom stereocenters. The van der Waals surface area contributed by atoms with Crippen LogP contribution >= 0.6 is 0 Å². The van der Waals surface area contributed by atoms with Crippen LogP contribution in [0.2, 0.25) is 0 Å². The maximum Gasteiger partial charge on any atom is 0.324 e. The van der Waals surface area contributed by atoms with Crippen molar-refractivity contribution >= 4 is 5.97 Å². The first kappa shape index (κ1) is 10.4.